The molecule has 0 spiro atoms. The van der Waals surface area contributed by atoms with Crippen LogP contribution < -0.4 is 10.5 Å². The minimum atomic E-state index is -3.50. The molecule has 5 nitrogen and oxygen atoms in total. The van der Waals surface area contributed by atoms with Crippen molar-refractivity contribution in [2.45, 2.75) is 11.8 Å². The van der Waals surface area contributed by atoms with Crippen LogP contribution in [0.3, 0.4) is 0 Å². The predicted molar refractivity (Wildman–Crippen MR) is 83.0 cm³/mol. The van der Waals surface area contributed by atoms with E-state index in [0.29, 0.717) is 11.5 Å². The number of nitrogens with zero attached hydrogens (tertiary/aromatic N) is 1. The van der Waals surface area contributed by atoms with Crippen LogP contribution in [0.25, 0.3) is 0 Å². The van der Waals surface area contributed by atoms with Gasteiger partial charge in [-0.05, 0) is 42.8 Å². The summed E-state index contributed by atoms with van der Waals surface area (Å²) in [6.07, 6.45) is 0. The Hall–Kier alpha value is -2.05. The van der Waals surface area contributed by atoms with E-state index in [9.17, 15) is 8.42 Å². The number of hydrogen-bond donors (Lipinski definition) is 1. The van der Waals surface area contributed by atoms with Crippen molar-refractivity contribution in [2.24, 2.45) is 0 Å². The number of anilines is 1. The highest BCUT2D eigenvalue weighted by Gasteiger charge is 2.18. The first-order chi connectivity index (χ1) is 9.80. The SMILES string of the molecule is Cc1cccc(Oc2ccc(S(=O)(=O)N(C)C)cc2N)c1. The van der Waals surface area contributed by atoms with Crippen molar-refractivity contribution < 1.29 is 13.2 Å². The van der Waals surface area contributed by atoms with E-state index in [1.807, 2.05) is 31.2 Å². The lowest BCUT2D eigenvalue weighted by Crippen LogP contribution is -2.22. The summed E-state index contributed by atoms with van der Waals surface area (Å²) in [4.78, 5) is 0.140. The fraction of sp³-hybridized carbons (Fsp3) is 0.200. The van der Waals surface area contributed by atoms with Gasteiger partial charge in [0.15, 0.2) is 0 Å². The van der Waals surface area contributed by atoms with Gasteiger partial charge in [0.05, 0.1) is 10.6 Å². The number of hydrogen-bond acceptors (Lipinski definition) is 4. The zero-order valence-corrected chi connectivity index (χ0v) is 13.0. The van der Waals surface area contributed by atoms with Crippen LogP contribution in [0, 0.1) is 6.92 Å². The topological polar surface area (TPSA) is 72.6 Å². The lowest BCUT2D eigenvalue weighted by atomic mass is 10.2. The summed E-state index contributed by atoms with van der Waals surface area (Å²) in [5.41, 5.74) is 7.24. The monoisotopic (exact) mass is 306 g/mol. The van der Waals surface area contributed by atoms with Crippen LogP contribution in [-0.4, -0.2) is 26.8 Å². The van der Waals surface area contributed by atoms with Gasteiger partial charge in [-0.1, -0.05) is 12.1 Å². The summed E-state index contributed by atoms with van der Waals surface area (Å²) in [5, 5.41) is 0. The van der Waals surface area contributed by atoms with E-state index in [2.05, 4.69) is 0 Å². The van der Waals surface area contributed by atoms with Crippen molar-refractivity contribution in [3.05, 3.63) is 48.0 Å². The highest BCUT2D eigenvalue weighted by Crippen LogP contribution is 2.30. The molecule has 21 heavy (non-hydrogen) atoms. The number of ether oxygens (including phenoxy) is 1. The van der Waals surface area contributed by atoms with E-state index >= 15 is 0 Å². The summed E-state index contributed by atoms with van der Waals surface area (Å²) in [7, 11) is -0.548. The summed E-state index contributed by atoms with van der Waals surface area (Å²) in [6, 6.07) is 12.0. The van der Waals surface area contributed by atoms with Gasteiger partial charge in [-0.25, -0.2) is 12.7 Å². The smallest absolute Gasteiger partial charge is 0.242 e. The molecular weight excluding hydrogens is 288 g/mol. The number of aryl methyl sites for hydroxylation is 1. The van der Waals surface area contributed by atoms with Crippen LogP contribution >= 0.6 is 0 Å². The van der Waals surface area contributed by atoms with Gasteiger partial charge >= 0.3 is 0 Å². The fourth-order valence-corrected chi connectivity index (χ4v) is 2.73. The number of nitrogens with two attached hydrogens (primary N) is 1. The Kier molecular flexibility index (Phi) is 4.20. The first-order valence-corrected chi connectivity index (χ1v) is 7.81. The molecule has 0 aliphatic carbocycles. The first kappa shape index (κ1) is 15.3. The molecule has 0 aliphatic rings. The van der Waals surface area contributed by atoms with Crippen molar-refractivity contribution >= 4 is 15.7 Å². The molecule has 2 aromatic rings. The van der Waals surface area contributed by atoms with Crippen LogP contribution in [0.4, 0.5) is 5.69 Å². The van der Waals surface area contributed by atoms with Gasteiger partial charge in [0, 0.05) is 14.1 Å². The standard InChI is InChI=1S/C15H18N2O3S/c1-11-5-4-6-12(9-11)20-15-8-7-13(10-14(15)16)21(18,19)17(2)3/h4-10H,16H2,1-3H3. The van der Waals surface area contributed by atoms with Crippen molar-refractivity contribution in [2.75, 3.05) is 19.8 Å². The van der Waals surface area contributed by atoms with E-state index in [0.717, 1.165) is 9.87 Å². The van der Waals surface area contributed by atoms with Crippen molar-refractivity contribution in [1.29, 1.82) is 0 Å². The quantitative estimate of drug-likeness (QED) is 0.881. The molecule has 2 N–H and O–H groups in total. The Morgan fingerprint density at radius 2 is 1.81 bits per heavy atom. The second-order valence-corrected chi connectivity index (χ2v) is 7.06. The van der Waals surface area contributed by atoms with E-state index < -0.39 is 10.0 Å². The molecule has 0 heterocycles. The molecule has 2 rings (SSSR count). The number of sulfonamides is 1. The van der Waals surface area contributed by atoms with Gasteiger partial charge in [0.2, 0.25) is 10.0 Å². The van der Waals surface area contributed by atoms with Crippen LogP contribution in [0.5, 0.6) is 11.5 Å². The third-order valence-electron chi connectivity index (χ3n) is 2.98. The third kappa shape index (κ3) is 3.34. The Balaban J connectivity index is 2.32. The van der Waals surface area contributed by atoms with E-state index in [-0.39, 0.29) is 10.6 Å². The molecule has 0 bridgehead atoms. The van der Waals surface area contributed by atoms with Gasteiger partial charge in [-0.2, -0.15) is 0 Å². The fourth-order valence-electron chi connectivity index (χ4n) is 1.80. The lowest BCUT2D eigenvalue weighted by Gasteiger charge is -2.14. The summed E-state index contributed by atoms with van der Waals surface area (Å²) in [5.74, 6) is 1.09. The van der Waals surface area contributed by atoms with Crippen LogP contribution in [0.15, 0.2) is 47.4 Å². The van der Waals surface area contributed by atoms with Crippen LogP contribution in [0.2, 0.25) is 0 Å². The maximum atomic E-state index is 12.0. The molecule has 0 radical (unpaired) electrons. The largest absolute Gasteiger partial charge is 0.455 e. The average Bonchev–Trinajstić information content (AvgIpc) is 2.41. The van der Waals surface area contributed by atoms with Crippen molar-refractivity contribution in [3.8, 4) is 11.5 Å². The zero-order valence-electron chi connectivity index (χ0n) is 12.2. The molecule has 6 heteroatoms. The molecule has 0 atom stereocenters. The van der Waals surface area contributed by atoms with Crippen molar-refractivity contribution in [1.82, 2.24) is 4.31 Å². The summed E-state index contributed by atoms with van der Waals surface area (Å²) < 4.78 is 30.9. The molecule has 0 unspecified atom stereocenters. The zero-order chi connectivity index (χ0) is 15.6. The van der Waals surface area contributed by atoms with Crippen molar-refractivity contribution in [3.63, 3.8) is 0 Å². The minimum absolute atomic E-state index is 0.140. The van der Waals surface area contributed by atoms with Crippen LogP contribution in [-0.2, 0) is 10.0 Å². The molecule has 0 saturated carbocycles. The third-order valence-corrected chi connectivity index (χ3v) is 4.79. The summed E-state index contributed by atoms with van der Waals surface area (Å²) >= 11 is 0. The maximum Gasteiger partial charge on any atom is 0.242 e. The minimum Gasteiger partial charge on any atom is -0.455 e. The Morgan fingerprint density at radius 1 is 1.10 bits per heavy atom. The average molecular weight is 306 g/mol. The van der Waals surface area contributed by atoms with Gasteiger partial charge in [-0.3, -0.25) is 0 Å². The van der Waals surface area contributed by atoms with Gasteiger partial charge in [-0.15, -0.1) is 0 Å². The second kappa shape index (κ2) is 5.75. The Labute approximate surface area is 125 Å². The highest BCUT2D eigenvalue weighted by molar-refractivity contribution is 7.89. The molecule has 0 aromatic heterocycles. The number of nitrogen functional groups attached to an aromatic ring is 1. The molecular formula is C15H18N2O3S. The van der Waals surface area contributed by atoms with Crippen LogP contribution in [0.1, 0.15) is 5.56 Å². The van der Waals surface area contributed by atoms with Gasteiger partial charge < -0.3 is 10.5 Å². The highest BCUT2D eigenvalue weighted by atomic mass is 32.2. The summed E-state index contributed by atoms with van der Waals surface area (Å²) in [6.45, 7) is 1.96. The predicted octanol–water partition coefficient (Wildman–Crippen LogP) is 2.62. The molecule has 0 saturated heterocycles. The van der Waals surface area contributed by atoms with E-state index in [4.69, 9.17) is 10.5 Å². The molecule has 112 valence electrons. The van der Waals surface area contributed by atoms with E-state index in [1.165, 1.54) is 26.2 Å². The first-order valence-electron chi connectivity index (χ1n) is 6.37. The lowest BCUT2D eigenvalue weighted by molar-refractivity contribution is 0.484. The maximum absolute atomic E-state index is 12.0. The Bertz CT molecular complexity index is 755. The van der Waals surface area contributed by atoms with E-state index in [1.54, 1.807) is 6.07 Å². The number of rotatable bonds is 4. The second-order valence-electron chi connectivity index (χ2n) is 4.91. The molecule has 0 fully saturated rings. The normalized spacial score (nSPS) is 11.6. The Morgan fingerprint density at radius 3 is 2.38 bits per heavy atom. The van der Waals surface area contributed by atoms with Gasteiger partial charge in [0.1, 0.15) is 11.5 Å². The number of benzene rings is 2. The van der Waals surface area contributed by atoms with Gasteiger partial charge in [0.25, 0.3) is 0 Å². The molecule has 0 amide bonds. The molecule has 2 aromatic carbocycles. The molecule has 0 aliphatic heterocycles.